The van der Waals surface area contributed by atoms with Crippen molar-refractivity contribution in [1.29, 1.82) is 0 Å². The number of aryl methyl sites for hydroxylation is 1. The minimum absolute atomic E-state index is 0.0934. The van der Waals surface area contributed by atoms with E-state index in [-0.39, 0.29) is 5.02 Å². The molecule has 2 aromatic rings. The minimum Gasteiger partial charge on any atom is -0.327 e. The van der Waals surface area contributed by atoms with Gasteiger partial charge in [0.15, 0.2) is 0 Å². The van der Waals surface area contributed by atoms with Gasteiger partial charge in [0, 0.05) is 12.6 Å². The topological polar surface area (TPSA) is 21.1 Å². The highest BCUT2D eigenvalue weighted by molar-refractivity contribution is 6.31. The molecule has 0 radical (unpaired) electrons. The van der Waals surface area contributed by atoms with Crippen molar-refractivity contribution in [3.63, 3.8) is 0 Å². The second-order valence-corrected chi connectivity index (χ2v) is 5.75. The fourth-order valence-corrected chi connectivity index (χ4v) is 2.58. The Labute approximate surface area is 128 Å². The van der Waals surface area contributed by atoms with Crippen molar-refractivity contribution in [1.82, 2.24) is 14.5 Å². The molecule has 0 bridgehead atoms. The fourth-order valence-electron chi connectivity index (χ4n) is 2.22. The largest absolute Gasteiger partial charge is 0.327 e. The van der Waals surface area contributed by atoms with Crippen LogP contribution in [-0.4, -0.2) is 35.1 Å². The maximum absolute atomic E-state index is 13.6. The third-order valence-corrected chi connectivity index (χ3v) is 3.75. The van der Waals surface area contributed by atoms with Crippen LogP contribution in [0.2, 0.25) is 5.02 Å². The molecule has 1 aromatic carbocycles. The van der Waals surface area contributed by atoms with Gasteiger partial charge in [0.2, 0.25) is 0 Å². The van der Waals surface area contributed by atoms with Crippen LogP contribution in [0.1, 0.15) is 18.7 Å². The van der Waals surface area contributed by atoms with Gasteiger partial charge < -0.3 is 9.47 Å². The Balaban J connectivity index is 2.23. The number of rotatable bonds is 6. The molecule has 0 saturated heterocycles. The van der Waals surface area contributed by atoms with E-state index in [4.69, 9.17) is 23.2 Å². The SMILES string of the molecule is CN(C)CCCCn1c(CCl)nc2cc(Cl)c(F)cc21. The van der Waals surface area contributed by atoms with Crippen molar-refractivity contribution in [3.8, 4) is 0 Å². The quantitative estimate of drug-likeness (QED) is 0.595. The zero-order valence-corrected chi connectivity index (χ0v) is 13.2. The molecule has 1 heterocycles. The first-order valence-corrected chi connectivity index (χ1v) is 7.49. The summed E-state index contributed by atoms with van der Waals surface area (Å²) in [5.74, 6) is 0.643. The molecule has 20 heavy (non-hydrogen) atoms. The maximum Gasteiger partial charge on any atom is 0.144 e. The second kappa shape index (κ2) is 6.74. The second-order valence-electron chi connectivity index (χ2n) is 5.08. The number of imidazole rings is 1. The molecule has 0 unspecified atom stereocenters. The predicted molar refractivity (Wildman–Crippen MR) is 82.0 cm³/mol. The van der Waals surface area contributed by atoms with Crippen LogP contribution in [0.4, 0.5) is 4.39 Å². The summed E-state index contributed by atoms with van der Waals surface area (Å²) in [6, 6.07) is 2.99. The Bertz CT molecular complexity index is 596. The van der Waals surface area contributed by atoms with Crippen LogP contribution >= 0.6 is 23.2 Å². The number of aromatic nitrogens is 2. The van der Waals surface area contributed by atoms with E-state index in [9.17, 15) is 4.39 Å². The zero-order chi connectivity index (χ0) is 14.7. The first-order chi connectivity index (χ1) is 9.52. The van der Waals surface area contributed by atoms with Crippen molar-refractivity contribution < 1.29 is 4.39 Å². The monoisotopic (exact) mass is 317 g/mol. The predicted octanol–water partition coefficient (Wildman–Crippen LogP) is 3.91. The van der Waals surface area contributed by atoms with E-state index in [1.807, 2.05) is 18.7 Å². The lowest BCUT2D eigenvalue weighted by molar-refractivity contribution is 0.388. The average molecular weight is 318 g/mol. The van der Waals surface area contributed by atoms with E-state index >= 15 is 0 Å². The number of hydrogen-bond donors (Lipinski definition) is 0. The summed E-state index contributed by atoms with van der Waals surface area (Å²) >= 11 is 11.7. The molecule has 0 fully saturated rings. The van der Waals surface area contributed by atoms with Crippen molar-refractivity contribution in [2.24, 2.45) is 0 Å². The Kier molecular flexibility index (Phi) is 5.24. The molecule has 0 aliphatic rings. The summed E-state index contributed by atoms with van der Waals surface area (Å²) < 4.78 is 15.6. The lowest BCUT2D eigenvalue weighted by Crippen LogP contribution is -2.13. The smallest absolute Gasteiger partial charge is 0.144 e. The Morgan fingerprint density at radius 3 is 2.70 bits per heavy atom. The molecular weight excluding hydrogens is 300 g/mol. The summed E-state index contributed by atoms with van der Waals surface area (Å²) in [7, 11) is 4.10. The van der Waals surface area contributed by atoms with Crippen LogP contribution in [0.25, 0.3) is 11.0 Å². The van der Waals surface area contributed by atoms with Crippen LogP contribution < -0.4 is 0 Å². The van der Waals surface area contributed by atoms with Gasteiger partial charge in [-0.05, 0) is 39.5 Å². The van der Waals surface area contributed by atoms with E-state index in [0.29, 0.717) is 11.4 Å². The van der Waals surface area contributed by atoms with Crippen LogP contribution in [-0.2, 0) is 12.4 Å². The average Bonchev–Trinajstić information content (AvgIpc) is 2.72. The molecule has 0 atom stereocenters. The molecule has 2 rings (SSSR count). The molecule has 110 valence electrons. The Morgan fingerprint density at radius 2 is 2.05 bits per heavy atom. The fraction of sp³-hybridized carbons (Fsp3) is 0.500. The summed E-state index contributed by atoms with van der Waals surface area (Å²) in [5.41, 5.74) is 1.45. The third-order valence-electron chi connectivity index (χ3n) is 3.23. The summed E-state index contributed by atoms with van der Waals surface area (Å²) in [6.45, 7) is 1.82. The highest BCUT2D eigenvalue weighted by Gasteiger charge is 2.12. The van der Waals surface area contributed by atoms with Gasteiger partial charge in [-0.15, -0.1) is 11.6 Å². The van der Waals surface area contributed by atoms with E-state index in [1.54, 1.807) is 6.07 Å². The van der Waals surface area contributed by atoms with Crippen molar-refractivity contribution >= 4 is 34.2 Å². The molecular formula is C14H18Cl2FN3. The van der Waals surface area contributed by atoms with Gasteiger partial charge >= 0.3 is 0 Å². The van der Waals surface area contributed by atoms with E-state index in [1.165, 1.54) is 6.07 Å². The van der Waals surface area contributed by atoms with Crippen LogP contribution in [0, 0.1) is 5.82 Å². The van der Waals surface area contributed by atoms with Crippen LogP contribution in [0.5, 0.6) is 0 Å². The van der Waals surface area contributed by atoms with Gasteiger partial charge in [-0.2, -0.15) is 0 Å². The maximum atomic E-state index is 13.6. The van der Waals surface area contributed by atoms with Crippen LogP contribution in [0.3, 0.4) is 0 Å². The number of benzene rings is 1. The Hall–Kier alpha value is -0.840. The summed E-state index contributed by atoms with van der Waals surface area (Å²) in [6.07, 6.45) is 2.07. The molecule has 0 aliphatic carbocycles. The van der Waals surface area contributed by atoms with Crippen LogP contribution in [0.15, 0.2) is 12.1 Å². The number of nitrogens with zero attached hydrogens (tertiary/aromatic N) is 3. The normalized spacial score (nSPS) is 11.7. The summed E-state index contributed by atoms with van der Waals surface area (Å²) in [4.78, 5) is 6.56. The molecule has 0 N–H and O–H groups in total. The molecule has 6 heteroatoms. The van der Waals surface area contributed by atoms with Crippen molar-refractivity contribution in [2.45, 2.75) is 25.3 Å². The van der Waals surface area contributed by atoms with Gasteiger partial charge in [-0.1, -0.05) is 11.6 Å². The van der Waals surface area contributed by atoms with Crippen molar-refractivity contribution in [3.05, 3.63) is 28.8 Å². The van der Waals surface area contributed by atoms with E-state index < -0.39 is 5.82 Å². The molecule has 0 amide bonds. The van der Waals surface area contributed by atoms with Gasteiger partial charge in [0.25, 0.3) is 0 Å². The highest BCUT2D eigenvalue weighted by atomic mass is 35.5. The Morgan fingerprint density at radius 1 is 1.30 bits per heavy atom. The van der Waals surface area contributed by atoms with E-state index in [2.05, 4.69) is 9.88 Å². The first-order valence-electron chi connectivity index (χ1n) is 6.57. The van der Waals surface area contributed by atoms with Gasteiger partial charge in [0.1, 0.15) is 11.6 Å². The zero-order valence-electron chi connectivity index (χ0n) is 11.7. The number of hydrogen-bond acceptors (Lipinski definition) is 2. The molecule has 1 aromatic heterocycles. The number of alkyl halides is 1. The highest BCUT2D eigenvalue weighted by Crippen LogP contribution is 2.24. The lowest BCUT2D eigenvalue weighted by atomic mass is 10.2. The standard InChI is InChI=1S/C14H18Cl2FN3/c1-19(2)5-3-4-6-20-13-8-11(17)10(16)7-12(13)18-14(20)9-15/h7-8H,3-6,9H2,1-2H3. The molecule has 0 aliphatic heterocycles. The van der Waals surface area contributed by atoms with Crippen molar-refractivity contribution in [2.75, 3.05) is 20.6 Å². The first kappa shape index (κ1) is 15.5. The van der Waals surface area contributed by atoms with Gasteiger partial charge in [-0.25, -0.2) is 9.37 Å². The molecule has 3 nitrogen and oxygen atoms in total. The van der Waals surface area contributed by atoms with E-state index in [0.717, 1.165) is 37.3 Å². The van der Waals surface area contributed by atoms with Gasteiger partial charge in [-0.3, -0.25) is 0 Å². The molecule has 0 saturated carbocycles. The lowest BCUT2D eigenvalue weighted by Gasteiger charge is -2.11. The number of halogens is 3. The molecule has 0 spiro atoms. The minimum atomic E-state index is -0.422. The number of fused-ring (bicyclic) bond motifs is 1. The van der Waals surface area contributed by atoms with Gasteiger partial charge in [0.05, 0.1) is 21.9 Å². The summed E-state index contributed by atoms with van der Waals surface area (Å²) in [5, 5.41) is 0.0934. The third kappa shape index (κ3) is 3.43. The number of unbranched alkanes of at least 4 members (excludes halogenated alkanes) is 1.